The van der Waals surface area contributed by atoms with Crippen molar-refractivity contribution >= 4 is 40.6 Å². The van der Waals surface area contributed by atoms with Crippen molar-refractivity contribution in [3.8, 4) is 0 Å². The van der Waals surface area contributed by atoms with Gasteiger partial charge in [0.15, 0.2) is 23.1 Å². The fourth-order valence-electron chi connectivity index (χ4n) is 4.99. The Bertz CT molecular complexity index is 1430. The summed E-state index contributed by atoms with van der Waals surface area (Å²) < 4.78 is 15.6. The van der Waals surface area contributed by atoms with E-state index in [0.717, 1.165) is 50.4 Å². The van der Waals surface area contributed by atoms with Gasteiger partial charge in [-0.2, -0.15) is 0 Å². The number of nitrogens with one attached hydrogen (secondary N) is 6. The molecular formula is C27H37FN12O2. The maximum atomic E-state index is 14.1. The smallest absolute Gasteiger partial charge is 0.276 e. The molecule has 5 rings (SSSR count). The number of anilines is 3. The summed E-state index contributed by atoms with van der Waals surface area (Å²) in [7, 11) is 0. The maximum Gasteiger partial charge on any atom is 0.276 e. The number of fused-ring (bicyclic) bond motifs is 1. The summed E-state index contributed by atoms with van der Waals surface area (Å²) in [6, 6.07) is 3.18. The highest BCUT2D eigenvalue weighted by molar-refractivity contribution is 6.03. The fourth-order valence-corrected chi connectivity index (χ4v) is 4.99. The molecule has 0 spiro atoms. The van der Waals surface area contributed by atoms with E-state index in [-0.39, 0.29) is 35.3 Å². The zero-order valence-corrected chi connectivity index (χ0v) is 23.2. The highest BCUT2D eigenvalue weighted by Gasteiger charge is 2.27. The molecule has 0 unspecified atom stereocenters. The average Bonchev–Trinajstić information content (AvgIpc) is 3.68. The van der Waals surface area contributed by atoms with Gasteiger partial charge in [0.1, 0.15) is 5.82 Å². The van der Waals surface area contributed by atoms with Crippen LogP contribution < -0.4 is 38.1 Å². The van der Waals surface area contributed by atoms with Crippen LogP contribution in [-0.4, -0.2) is 68.1 Å². The predicted molar refractivity (Wildman–Crippen MR) is 157 cm³/mol. The molecule has 14 nitrogen and oxygen atoms in total. The Morgan fingerprint density at radius 3 is 2.50 bits per heavy atom. The van der Waals surface area contributed by atoms with E-state index in [2.05, 4.69) is 41.7 Å². The van der Waals surface area contributed by atoms with Gasteiger partial charge in [0, 0.05) is 36.9 Å². The number of nitrogens with two attached hydrogens (primary N) is 2. The number of rotatable bonds is 12. The van der Waals surface area contributed by atoms with Crippen molar-refractivity contribution in [2.24, 2.45) is 11.5 Å². The summed E-state index contributed by atoms with van der Waals surface area (Å²) in [5.74, 6) is -0.866. The van der Waals surface area contributed by atoms with Gasteiger partial charge in [-0.05, 0) is 57.4 Å². The summed E-state index contributed by atoms with van der Waals surface area (Å²) in [4.78, 5) is 33.7. The Labute approximate surface area is 242 Å². The van der Waals surface area contributed by atoms with Gasteiger partial charge in [-0.25, -0.2) is 13.9 Å². The van der Waals surface area contributed by atoms with Gasteiger partial charge in [-0.3, -0.25) is 20.0 Å². The summed E-state index contributed by atoms with van der Waals surface area (Å²) in [5, 5.41) is 27.1. The van der Waals surface area contributed by atoms with Crippen molar-refractivity contribution in [2.45, 2.75) is 75.5 Å². The first kappa shape index (κ1) is 29.0. The van der Waals surface area contributed by atoms with Crippen molar-refractivity contribution in [1.82, 2.24) is 30.2 Å². The Hall–Kier alpha value is -4.53. The lowest BCUT2D eigenvalue weighted by molar-refractivity contribution is -0.123. The number of carbonyl (C=O) groups is 2. The molecule has 3 aromatic rings. The molecule has 0 bridgehead atoms. The van der Waals surface area contributed by atoms with Gasteiger partial charge in [0.05, 0.1) is 29.8 Å². The molecule has 42 heavy (non-hydrogen) atoms. The summed E-state index contributed by atoms with van der Waals surface area (Å²) >= 11 is 0. The van der Waals surface area contributed by atoms with E-state index in [1.54, 1.807) is 0 Å². The molecule has 2 aliphatic carbocycles. The second kappa shape index (κ2) is 13.0. The number of guanidine groups is 1. The molecule has 3 heterocycles. The molecule has 2 aliphatic rings. The van der Waals surface area contributed by atoms with Crippen molar-refractivity contribution in [2.75, 3.05) is 22.5 Å². The number of hydrogen-bond acceptors (Lipinski definition) is 9. The van der Waals surface area contributed by atoms with Crippen LogP contribution in [0.1, 0.15) is 61.9 Å². The lowest BCUT2D eigenvalue weighted by Gasteiger charge is -2.30. The molecule has 0 saturated heterocycles. The van der Waals surface area contributed by atoms with Crippen molar-refractivity contribution in [3.05, 3.63) is 42.2 Å². The highest BCUT2D eigenvalue weighted by atomic mass is 19.1. The van der Waals surface area contributed by atoms with Crippen molar-refractivity contribution < 1.29 is 14.0 Å². The molecule has 224 valence electrons. The number of carbonyl (C=O) groups excluding carboxylic acids is 2. The molecule has 2 saturated carbocycles. The molecule has 3 aromatic heterocycles. The quantitative estimate of drug-likeness (QED) is 0.0878. The Kier molecular flexibility index (Phi) is 8.95. The molecule has 0 aromatic carbocycles. The van der Waals surface area contributed by atoms with Crippen LogP contribution in [0.3, 0.4) is 0 Å². The van der Waals surface area contributed by atoms with Crippen LogP contribution in [0, 0.1) is 11.2 Å². The number of amides is 2. The van der Waals surface area contributed by atoms with Crippen LogP contribution in [-0.2, 0) is 4.79 Å². The zero-order valence-electron chi connectivity index (χ0n) is 23.2. The van der Waals surface area contributed by atoms with Gasteiger partial charge in [0.25, 0.3) is 5.91 Å². The number of hydrogen-bond donors (Lipinski definition) is 8. The van der Waals surface area contributed by atoms with E-state index in [4.69, 9.17) is 16.9 Å². The summed E-state index contributed by atoms with van der Waals surface area (Å²) in [5.41, 5.74) is 12.8. The monoisotopic (exact) mass is 580 g/mol. The Morgan fingerprint density at radius 2 is 1.79 bits per heavy atom. The minimum absolute atomic E-state index is 0.0188. The average molecular weight is 581 g/mol. The van der Waals surface area contributed by atoms with Crippen molar-refractivity contribution in [1.29, 1.82) is 5.41 Å². The van der Waals surface area contributed by atoms with Gasteiger partial charge in [0.2, 0.25) is 5.91 Å². The highest BCUT2D eigenvalue weighted by Crippen LogP contribution is 2.30. The topological polar surface area (TPSA) is 213 Å². The van der Waals surface area contributed by atoms with Gasteiger partial charge < -0.3 is 38.1 Å². The first-order valence-electron chi connectivity index (χ1n) is 14.2. The SMILES string of the molecule is N=C(N)NCCC[C@H](N)C(=O)N[C@H]1CC[C@H](Nc2cc(NC3CC3)c3ncc(C(=O)Nc4ccncc4F)n3n2)CC1. The molecule has 15 heteroatoms. The standard InChI is InChI=1S/C27H37FN12O2/c28-18-13-32-11-9-20(18)38-26(42)22-14-34-24-21(35-15-3-4-15)12-23(39-40(22)24)36-16-5-7-17(8-6-16)37-25(41)19(29)2-1-10-33-27(30)31/h9,11-17,19,35H,1-8,10,29H2,(H,36,39)(H,37,41)(H4,30,31,33)(H,32,38,42)/t16-,17-,19-/m0/s1. The Morgan fingerprint density at radius 1 is 1.07 bits per heavy atom. The number of nitrogens with zero attached hydrogens (tertiary/aromatic N) is 4. The van der Waals surface area contributed by atoms with Crippen molar-refractivity contribution in [3.63, 3.8) is 0 Å². The first-order chi connectivity index (χ1) is 20.3. The molecule has 10 N–H and O–H groups in total. The third kappa shape index (κ3) is 7.40. The van der Waals surface area contributed by atoms with Gasteiger partial charge in [-0.1, -0.05) is 0 Å². The van der Waals surface area contributed by atoms with Gasteiger partial charge >= 0.3 is 0 Å². The third-order valence-corrected chi connectivity index (χ3v) is 7.43. The number of imidazole rings is 1. The normalized spacial score (nSPS) is 19.1. The molecule has 0 aliphatic heterocycles. The largest absolute Gasteiger partial charge is 0.379 e. The minimum Gasteiger partial charge on any atom is -0.379 e. The van der Waals surface area contributed by atoms with Crippen LogP contribution in [0.2, 0.25) is 0 Å². The van der Waals surface area contributed by atoms with Gasteiger partial charge in [-0.15, -0.1) is 5.10 Å². The van der Waals surface area contributed by atoms with E-state index < -0.39 is 17.8 Å². The molecule has 2 amide bonds. The van der Waals surface area contributed by atoms with Crippen LogP contribution in [0.5, 0.6) is 0 Å². The van der Waals surface area contributed by atoms with Crippen LogP contribution in [0.25, 0.3) is 5.65 Å². The lowest BCUT2D eigenvalue weighted by atomic mass is 9.91. The first-order valence-corrected chi connectivity index (χ1v) is 14.2. The number of pyridine rings is 1. The van der Waals surface area contributed by atoms with E-state index in [1.807, 2.05) is 6.07 Å². The van der Waals surface area contributed by atoms with E-state index >= 15 is 0 Å². The zero-order chi connectivity index (χ0) is 29.6. The predicted octanol–water partition coefficient (Wildman–Crippen LogP) is 1.52. The summed E-state index contributed by atoms with van der Waals surface area (Å²) in [6.07, 6.45) is 10.3. The summed E-state index contributed by atoms with van der Waals surface area (Å²) in [6.45, 7) is 0.499. The number of halogens is 1. The Balaban J connectivity index is 1.21. The molecule has 0 radical (unpaired) electrons. The van der Waals surface area contributed by atoms with E-state index in [0.29, 0.717) is 36.9 Å². The molecule has 1 atom stereocenters. The van der Waals surface area contributed by atoms with E-state index in [9.17, 15) is 14.0 Å². The van der Waals surface area contributed by atoms with Crippen LogP contribution in [0.4, 0.5) is 21.6 Å². The second-order valence-corrected chi connectivity index (χ2v) is 10.8. The number of aromatic nitrogens is 4. The van der Waals surface area contributed by atoms with E-state index in [1.165, 1.54) is 23.0 Å². The minimum atomic E-state index is -0.637. The lowest BCUT2D eigenvalue weighted by Crippen LogP contribution is -2.47. The third-order valence-electron chi connectivity index (χ3n) is 7.43. The molecule has 2 fully saturated rings. The maximum absolute atomic E-state index is 14.1. The second-order valence-electron chi connectivity index (χ2n) is 10.8. The van der Waals surface area contributed by atoms with Crippen LogP contribution in [0.15, 0.2) is 30.7 Å². The van der Waals surface area contributed by atoms with Crippen LogP contribution >= 0.6 is 0 Å². The fraction of sp³-hybridized carbons (Fsp3) is 0.481. The molecular weight excluding hydrogens is 543 g/mol.